The van der Waals surface area contributed by atoms with Gasteiger partial charge in [-0.3, -0.25) is 10.4 Å². The summed E-state index contributed by atoms with van der Waals surface area (Å²) in [7, 11) is 0. The molecular formula is C12H16N2O2. The van der Waals surface area contributed by atoms with Gasteiger partial charge in [-0.1, -0.05) is 24.3 Å². The number of hydrogen-bond donors (Lipinski definition) is 2. The average Bonchev–Trinajstić information content (AvgIpc) is 2.27. The third-order valence-electron chi connectivity index (χ3n) is 2.82. The van der Waals surface area contributed by atoms with Crippen LogP contribution in [0.1, 0.15) is 13.8 Å². The fraction of sp³-hybridized carbons (Fsp3) is 0.333. The normalized spacial score (nSPS) is 29.2. The van der Waals surface area contributed by atoms with Crippen LogP contribution in [0, 0.1) is 0 Å². The van der Waals surface area contributed by atoms with E-state index in [1.54, 1.807) is 12.2 Å². The van der Waals surface area contributed by atoms with E-state index in [0.717, 1.165) is 10.1 Å². The maximum atomic E-state index is 9.90. The van der Waals surface area contributed by atoms with E-state index in [1.165, 1.54) is 0 Å². The van der Waals surface area contributed by atoms with Crippen molar-refractivity contribution in [2.45, 2.75) is 25.9 Å². The molecule has 16 heavy (non-hydrogen) atoms. The fourth-order valence-corrected chi connectivity index (χ4v) is 1.78. The van der Waals surface area contributed by atoms with E-state index >= 15 is 0 Å². The molecule has 0 aromatic carbocycles. The van der Waals surface area contributed by atoms with Gasteiger partial charge in [0, 0.05) is 0 Å². The van der Waals surface area contributed by atoms with Gasteiger partial charge >= 0.3 is 0 Å². The van der Waals surface area contributed by atoms with E-state index < -0.39 is 0 Å². The second kappa shape index (κ2) is 4.15. The lowest BCUT2D eigenvalue weighted by Gasteiger charge is -2.34. The lowest BCUT2D eigenvalue weighted by Crippen LogP contribution is -2.37. The van der Waals surface area contributed by atoms with Crippen molar-refractivity contribution in [2.24, 2.45) is 0 Å². The van der Waals surface area contributed by atoms with Crippen LogP contribution in [0.15, 0.2) is 47.9 Å². The molecule has 2 aliphatic heterocycles. The molecule has 0 spiro atoms. The molecular weight excluding hydrogens is 204 g/mol. The van der Waals surface area contributed by atoms with Gasteiger partial charge in [-0.2, -0.15) is 0 Å². The van der Waals surface area contributed by atoms with Crippen molar-refractivity contribution in [1.29, 1.82) is 0 Å². The van der Waals surface area contributed by atoms with Gasteiger partial charge in [0.1, 0.15) is 0 Å². The SMILES string of the molecule is CC1C=CC=C(C2=CC=CC(C)N2O)N1O. The quantitative estimate of drug-likeness (QED) is 0.710. The van der Waals surface area contributed by atoms with Gasteiger partial charge < -0.3 is 0 Å². The van der Waals surface area contributed by atoms with Gasteiger partial charge in [0.05, 0.1) is 23.5 Å². The van der Waals surface area contributed by atoms with E-state index in [1.807, 2.05) is 38.2 Å². The molecule has 2 aliphatic rings. The summed E-state index contributed by atoms with van der Waals surface area (Å²) in [6.07, 6.45) is 11.1. The van der Waals surface area contributed by atoms with Crippen molar-refractivity contribution in [3.05, 3.63) is 47.9 Å². The Morgan fingerprint density at radius 2 is 1.25 bits per heavy atom. The van der Waals surface area contributed by atoms with Crippen LogP contribution in [-0.2, 0) is 0 Å². The predicted molar refractivity (Wildman–Crippen MR) is 60.6 cm³/mol. The van der Waals surface area contributed by atoms with Crippen molar-refractivity contribution in [3.63, 3.8) is 0 Å². The van der Waals surface area contributed by atoms with Crippen molar-refractivity contribution in [3.8, 4) is 0 Å². The molecule has 0 aliphatic carbocycles. The Morgan fingerprint density at radius 1 is 0.875 bits per heavy atom. The zero-order chi connectivity index (χ0) is 11.7. The predicted octanol–water partition coefficient (Wildman–Crippen LogP) is 2.05. The highest BCUT2D eigenvalue weighted by atomic mass is 16.5. The zero-order valence-corrected chi connectivity index (χ0v) is 9.41. The average molecular weight is 220 g/mol. The van der Waals surface area contributed by atoms with Crippen molar-refractivity contribution < 1.29 is 10.4 Å². The molecule has 2 unspecified atom stereocenters. The highest BCUT2D eigenvalue weighted by Gasteiger charge is 2.24. The number of hydrogen-bond acceptors (Lipinski definition) is 4. The molecule has 0 amide bonds. The minimum Gasteiger partial charge on any atom is -0.288 e. The first-order valence-corrected chi connectivity index (χ1v) is 5.35. The number of nitrogens with zero attached hydrogens (tertiary/aromatic N) is 2. The first-order valence-electron chi connectivity index (χ1n) is 5.35. The van der Waals surface area contributed by atoms with Gasteiger partial charge in [-0.05, 0) is 26.0 Å². The molecule has 0 saturated carbocycles. The van der Waals surface area contributed by atoms with Crippen LogP contribution in [0.25, 0.3) is 0 Å². The molecule has 2 heterocycles. The van der Waals surface area contributed by atoms with Gasteiger partial charge in [0.2, 0.25) is 0 Å². The second-order valence-corrected chi connectivity index (χ2v) is 4.04. The van der Waals surface area contributed by atoms with E-state index in [2.05, 4.69) is 0 Å². The highest BCUT2D eigenvalue weighted by Crippen LogP contribution is 2.26. The summed E-state index contributed by atoms with van der Waals surface area (Å²) in [6, 6.07) is -0.175. The Hall–Kier alpha value is -1.52. The molecule has 0 saturated heterocycles. The van der Waals surface area contributed by atoms with Crippen LogP contribution in [0.3, 0.4) is 0 Å². The molecule has 2 rings (SSSR count). The summed E-state index contributed by atoms with van der Waals surface area (Å²) in [5.41, 5.74) is 1.21. The topological polar surface area (TPSA) is 46.9 Å². The molecule has 0 bridgehead atoms. The lowest BCUT2D eigenvalue weighted by molar-refractivity contribution is -0.106. The van der Waals surface area contributed by atoms with E-state index in [-0.39, 0.29) is 12.1 Å². The summed E-state index contributed by atoms with van der Waals surface area (Å²) < 4.78 is 0. The third-order valence-corrected chi connectivity index (χ3v) is 2.82. The molecule has 2 atom stereocenters. The molecule has 0 aromatic heterocycles. The Labute approximate surface area is 95.0 Å². The van der Waals surface area contributed by atoms with Crippen LogP contribution in [-0.4, -0.2) is 32.6 Å². The molecule has 0 fully saturated rings. The summed E-state index contributed by atoms with van der Waals surface area (Å²) >= 11 is 0. The second-order valence-electron chi connectivity index (χ2n) is 4.04. The Bertz CT molecular complexity index is 358. The number of allylic oxidation sites excluding steroid dienone is 4. The summed E-state index contributed by atoms with van der Waals surface area (Å²) in [4.78, 5) is 0. The molecule has 86 valence electrons. The van der Waals surface area contributed by atoms with Crippen LogP contribution < -0.4 is 0 Å². The Morgan fingerprint density at radius 3 is 1.62 bits per heavy atom. The number of rotatable bonds is 1. The van der Waals surface area contributed by atoms with Gasteiger partial charge in [-0.25, -0.2) is 10.1 Å². The van der Waals surface area contributed by atoms with Crippen LogP contribution in [0.5, 0.6) is 0 Å². The monoisotopic (exact) mass is 220 g/mol. The van der Waals surface area contributed by atoms with E-state index in [4.69, 9.17) is 0 Å². The van der Waals surface area contributed by atoms with Gasteiger partial charge in [-0.15, -0.1) is 0 Å². The minimum atomic E-state index is -0.0875. The smallest absolute Gasteiger partial charge is 0.0898 e. The van der Waals surface area contributed by atoms with E-state index in [0.29, 0.717) is 11.4 Å². The maximum absolute atomic E-state index is 9.90. The summed E-state index contributed by atoms with van der Waals surface area (Å²) in [5.74, 6) is 0. The minimum absolute atomic E-state index is 0.0875. The van der Waals surface area contributed by atoms with Gasteiger partial charge in [0.25, 0.3) is 0 Å². The molecule has 2 N–H and O–H groups in total. The Kier molecular flexibility index (Phi) is 2.85. The Balaban J connectivity index is 2.31. The van der Waals surface area contributed by atoms with Crippen molar-refractivity contribution in [2.75, 3.05) is 0 Å². The highest BCUT2D eigenvalue weighted by molar-refractivity contribution is 5.38. The third kappa shape index (κ3) is 1.77. The first-order chi connectivity index (χ1) is 7.61. The lowest BCUT2D eigenvalue weighted by atomic mass is 10.1. The first kappa shape index (κ1) is 11.0. The van der Waals surface area contributed by atoms with Gasteiger partial charge in [0.15, 0.2) is 0 Å². The van der Waals surface area contributed by atoms with Crippen LogP contribution >= 0.6 is 0 Å². The van der Waals surface area contributed by atoms with Crippen LogP contribution in [0.4, 0.5) is 0 Å². The molecule has 0 radical (unpaired) electrons. The maximum Gasteiger partial charge on any atom is 0.0898 e. The molecule has 0 aromatic rings. The van der Waals surface area contributed by atoms with Crippen molar-refractivity contribution in [1.82, 2.24) is 10.1 Å². The number of hydroxylamine groups is 4. The zero-order valence-electron chi connectivity index (χ0n) is 9.41. The summed E-state index contributed by atoms with van der Waals surface area (Å²) in [5, 5.41) is 22.1. The van der Waals surface area contributed by atoms with Crippen molar-refractivity contribution >= 4 is 0 Å². The standard InChI is InChI=1S/C12H16N2O2/c1-9-5-3-7-11(13(9)15)12-8-4-6-10(2)14(12)16/h3-10,15-16H,1-2H3. The molecule has 4 heteroatoms. The van der Waals surface area contributed by atoms with E-state index in [9.17, 15) is 10.4 Å². The fourth-order valence-electron chi connectivity index (χ4n) is 1.78. The van der Waals surface area contributed by atoms with Crippen LogP contribution in [0.2, 0.25) is 0 Å². The largest absolute Gasteiger partial charge is 0.288 e. The summed E-state index contributed by atoms with van der Waals surface area (Å²) in [6.45, 7) is 3.77. The molecule has 4 nitrogen and oxygen atoms in total.